The predicted octanol–water partition coefficient (Wildman–Crippen LogP) is 5.16. The highest BCUT2D eigenvalue weighted by atomic mass is 35.5. The summed E-state index contributed by atoms with van der Waals surface area (Å²) >= 11 is 6.13. The van der Waals surface area contributed by atoms with Crippen LogP contribution in [0.2, 0.25) is 5.02 Å². The molecular weight excluding hydrogens is 493 g/mol. The highest BCUT2D eigenvalue weighted by Crippen LogP contribution is 2.29. The normalized spacial score (nSPS) is 16.4. The molecule has 0 radical (unpaired) electrons. The summed E-state index contributed by atoms with van der Waals surface area (Å²) in [7, 11) is 6.01. The molecule has 3 aromatic rings. The van der Waals surface area contributed by atoms with Gasteiger partial charge in [0.25, 0.3) is 5.91 Å². The molecule has 3 aromatic heterocycles. The number of pyridine rings is 1. The average molecular weight is 527 g/mol. The Morgan fingerprint density at radius 1 is 1.24 bits per heavy atom. The number of nitrogens with zero attached hydrogens (tertiary/aromatic N) is 5. The minimum Gasteiger partial charge on any atom is -0.365 e. The van der Waals surface area contributed by atoms with E-state index in [1.54, 1.807) is 18.5 Å². The van der Waals surface area contributed by atoms with E-state index in [2.05, 4.69) is 38.3 Å². The van der Waals surface area contributed by atoms with Crippen LogP contribution in [0, 0.1) is 5.82 Å². The Balaban J connectivity index is 1.49. The van der Waals surface area contributed by atoms with E-state index < -0.39 is 5.82 Å². The molecule has 0 aliphatic carbocycles. The highest BCUT2D eigenvalue weighted by Gasteiger charge is 2.26. The van der Waals surface area contributed by atoms with Crippen LogP contribution in [0.3, 0.4) is 0 Å². The minimum atomic E-state index is -0.513. The number of quaternary nitrogens is 1. The zero-order valence-electron chi connectivity index (χ0n) is 21.7. The number of hydrogen-bond acceptors (Lipinski definition) is 5. The Labute approximate surface area is 221 Å². The van der Waals surface area contributed by atoms with E-state index in [0.29, 0.717) is 33.1 Å². The van der Waals surface area contributed by atoms with E-state index in [0.717, 1.165) is 31.1 Å². The number of fused-ring (bicyclic) bond motifs is 1. The lowest BCUT2D eigenvalue weighted by Gasteiger charge is -2.32. The van der Waals surface area contributed by atoms with Gasteiger partial charge in [-0.2, -0.15) is 0 Å². The van der Waals surface area contributed by atoms with Crippen LogP contribution in [0.25, 0.3) is 22.4 Å². The lowest BCUT2D eigenvalue weighted by molar-refractivity contribution is -0.862. The first-order valence-electron chi connectivity index (χ1n) is 12.5. The van der Waals surface area contributed by atoms with Crippen LogP contribution in [0.5, 0.6) is 0 Å². The van der Waals surface area contributed by atoms with Gasteiger partial charge in [-0.25, -0.2) is 19.3 Å². The minimum absolute atomic E-state index is 0.0176. The summed E-state index contributed by atoms with van der Waals surface area (Å²) in [5.74, 6) is 0.107. The summed E-state index contributed by atoms with van der Waals surface area (Å²) in [5, 5.41) is 4.57. The van der Waals surface area contributed by atoms with Crippen LogP contribution in [0.1, 0.15) is 32.6 Å². The number of aromatic nitrogens is 4. The van der Waals surface area contributed by atoms with Crippen molar-refractivity contribution in [1.29, 1.82) is 0 Å². The summed E-state index contributed by atoms with van der Waals surface area (Å²) in [6.07, 6.45) is 15.5. The number of aromatic amines is 1. The maximum absolute atomic E-state index is 14.8. The lowest BCUT2D eigenvalue weighted by Crippen LogP contribution is -2.47. The summed E-state index contributed by atoms with van der Waals surface area (Å²) in [6.45, 7) is 2.51. The highest BCUT2D eigenvalue weighted by molar-refractivity contribution is 6.31. The van der Waals surface area contributed by atoms with Crippen molar-refractivity contribution in [2.45, 2.75) is 44.7 Å². The molecule has 0 saturated heterocycles. The van der Waals surface area contributed by atoms with Crippen molar-refractivity contribution < 1.29 is 13.7 Å². The van der Waals surface area contributed by atoms with Crippen LogP contribution >= 0.6 is 11.6 Å². The van der Waals surface area contributed by atoms with Crippen molar-refractivity contribution in [1.82, 2.24) is 24.8 Å². The number of carbonyl (C=O) groups excluding carboxylic acids is 1. The van der Waals surface area contributed by atoms with E-state index in [-0.39, 0.29) is 23.8 Å². The fraction of sp³-hybridized carbons (Fsp3) is 0.407. The molecule has 196 valence electrons. The number of nitrogens with one attached hydrogen (secondary N) is 2. The number of halogens is 2. The molecule has 2 N–H and O–H groups in total. The molecule has 1 aliphatic rings. The van der Waals surface area contributed by atoms with Gasteiger partial charge in [-0.1, -0.05) is 37.1 Å². The Hall–Kier alpha value is -3.30. The van der Waals surface area contributed by atoms with Gasteiger partial charge in [0, 0.05) is 35.6 Å². The van der Waals surface area contributed by atoms with E-state index in [4.69, 9.17) is 11.6 Å². The van der Waals surface area contributed by atoms with Crippen molar-refractivity contribution in [3.63, 3.8) is 0 Å². The van der Waals surface area contributed by atoms with Crippen molar-refractivity contribution in [2.24, 2.45) is 0 Å². The molecule has 0 saturated carbocycles. The molecule has 2 atom stereocenters. The number of anilines is 1. The second kappa shape index (κ2) is 11.4. The van der Waals surface area contributed by atoms with E-state index in [9.17, 15) is 9.18 Å². The van der Waals surface area contributed by atoms with Gasteiger partial charge >= 0.3 is 0 Å². The van der Waals surface area contributed by atoms with Crippen LogP contribution in [0.15, 0.2) is 49.1 Å². The molecule has 0 bridgehead atoms. The van der Waals surface area contributed by atoms with Gasteiger partial charge in [-0.3, -0.25) is 4.79 Å². The van der Waals surface area contributed by atoms with Crippen LogP contribution in [-0.2, 0) is 4.79 Å². The molecule has 1 amide bonds. The third kappa shape index (κ3) is 6.72. The fourth-order valence-electron chi connectivity index (χ4n) is 4.49. The van der Waals surface area contributed by atoms with Crippen molar-refractivity contribution >= 4 is 34.4 Å². The molecule has 0 fully saturated rings. The first-order chi connectivity index (χ1) is 17.6. The Kier molecular flexibility index (Phi) is 8.24. The van der Waals surface area contributed by atoms with Gasteiger partial charge in [0.15, 0.2) is 24.0 Å². The number of H-pyrrole nitrogens is 1. The zero-order chi connectivity index (χ0) is 26.6. The first-order valence-corrected chi connectivity index (χ1v) is 12.9. The van der Waals surface area contributed by atoms with Crippen molar-refractivity contribution in [3.05, 3.63) is 59.9 Å². The van der Waals surface area contributed by atoms with E-state index in [1.807, 2.05) is 44.4 Å². The topological polar surface area (TPSA) is 86.8 Å². The molecule has 0 spiro atoms. The van der Waals surface area contributed by atoms with E-state index in [1.165, 1.54) is 6.20 Å². The molecule has 0 aromatic carbocycles. The number of carbonyl (C=O) groups is 1. The van der Waals surface area contributed by atoms with E-state index >= 15 is 0 Å². The molecule has 8 nitrogen and oxygen atoms in total. The number of allylic oxidation sites excluding steroid dienone is 2. The lowest BCUT2D eigenvalue weighted by atomic mass is 10.00. The van der Waals surface area contributed by atoms with Gasteiger partial charge in [0.05, 0.1) is 38.4 Å². The number of likely N-dealkylation sites (N-methyl/N-ethyl adjacent to an activating group) is 1. The molecule has 37 heavy (non-hydrogen) atoms. The number of rotatable bonds is 10. The Bertz CT molecular complexity index is 1310. The zero-order valence-corrected chi connectivity index (χ0v) is 22.5. The van der Waals surface area contributed by atoms with Crippen molar-refractivity contribution in [2.75, 3.05) is 33.0 Å². The standard InChI is InChI=1S/C27H34ClFN7O/c1-5-8-19(10-11-20-9-6-7-12-35(20)24(37)17-36(2,3)4)33-27-23(29)16-32-26(34-27)22-15-31-25-21(22)13-18(28)14-30-25/h6-7,9,12-16,19-20H,5,8,10-11,17H2,1-4H3,(H,30,31)(H,32,33,34)/q+1/t19?,20-/m1/s1. The Morgan fingerprint density at radius 2 is 2.05 bits per heavy atom. The van der Waals surface area contributed by atoms with Crippen LogP contribution in [0.4, 0.5) is 10.2 Å². The summed E-state index contributed by atoms with van der Waals surface area (Å²) < 4.78 is 15.4. The summed E-state index contributed by atoms with van der Waals surface area (Å²) in [5.41, 5.74) is 1.36. The van der Waals surface area contributed by atoms with Gasteiger partial charge < -0.3 is 19.7 Å². The second-order valence-corrected chi connectivity index (χ2v) is 10.8. The fourth-order valence-corrected chi connectivity index (χ4v) is 4.65. The third-order valence-electron chi connectivity index (χ3n) is 6.22. The number of amides is 1. The second-order valence-electron chi connectivity index (χ2n) is 10.4. The van der Waals surface area contributed by atoms with Gasteiger partial charge in [-0.05, 0) is 31.4 Å². The smallest absolute Gasteiger partial charge is 0.282 e. The molecule has 4 rings (SSSR count). The first kappa shape index (κ1) is 26.8. The average Bonchev–Trinajstić information content (AvgIpc) is 3.26. The van der Waals surface area contributed by atoms with Gasteiger partial charge in [0.1, 0.15) is 5.65 Å². The molecule has 4 heterocycles. The van der Waals surface area contributed by atoms with Crippen LogP contribution in [-0.4, -0.2) is 75.0 Å². The van der Waals surface area contributed by atoms with Gasteiger partial charge in [0.2, 0.25) is 0 Å². The molecular formula is C27H34ClFN7O+. The molecule has 10 heteroatoms. The predicted molar refractivity (Wildman–Crippen MR) is 145 cm³/mol. The largest absolute Gasteiger partial charge is 0.365 e. The molecule has 1 aliphatic heterocycles. The maximum Gasteiger partial charge on any atom is 0.282 e. The maximum atomic E-state index is 14.8. The monoisotopic (exact) mass is 526 g/mol. The quantitative estimate of drug-likeness (QED) is 0.356. The van der Waals surface area contributed by atoms with Gasteiger partial charge in [-0.15, -0.1) is 0 Å². The third-order valence-corrected chi connectivity index (χ3v) is 6.42. The number of hydrogen-bond donors (Lipinski definition) is 2. The summed E-state index contributed by atoms with van der Waals surface area (Å²) in [4.78, 5) is 30.8. The van der Waals surface area contributed by atoms with Crippen molar-refractivity contribution in [3.8, 4) is 11.4 Å². The SMILES string of the molecule is CCCC(CC[C@H]1C=CC=CN1C(=O)C[N+](C)(C)C)Nc1nc(-c2c[nH]c3ncc(Cl)cc23)ncc1F. The summed E-state index contributed by atoms with van der Waals surface area (Å²) in [6, 6.07) is 1.73. The molecule has 1 unspecified atom stereocenters. The Morgan fingerprint density at radius 3 is 2.81 bits per heavy atom. The van der Waals surface area contributed by atoms with Crippen LogP contribution < -0.4 is 5.32 Å².